The Labute approximate surface area is 156 Å². The molecule has 130 valence electrons. The molecule has 6 heteroatoms. The Balaban J connectivity index is 1.56. The van der Waals surface area contributed by atoms with Gasteiger partial charge in [0.2, 0.25) is 0 Å². The van der Waals surface area contributed by atoms with E-state index in [1.807, 2.05) is 31.2 Å². The fraction of sp³-hybridized carbons (Fsp3) is 0.263. The Morgan fingerprint density at radius 3 is 2.48 bits per heavy atom. The number of halogens is 2. The van der Waals surface area contributed by atoms with E-state index in [1.54, 1.807) is 6.07 Å². The van der Waals surface area contributed by atoms with Crippen molar-refractivity contribution in [2.45, 2.75) is 19.8 Å². The molecule has 0 saturated carbocycles. The van der Waals surface area contributed by atoms with Crippen molar-refractivity contribution in [3.8, 4) is 5.75 Å². The second-order valence-electron chi connectivity index (χ2n) is 5.94. The molecule has 1 aliphatic heterocycles. The van der Waals surface area contributed by atoms with Gasteiger partial charge in [-0.25, -0.2) is 0 Å². The zero-order chi connectivity index (χ0) is 18.0. The van der Waals surface area contributed by atoms with Crippen molar-refractivity contribution in [2.24, 2.45) is 0 Å². The third-order valence-electron chi connectivity index (χ3n) is 4.05. The summed E-state index contributed by atoms with van der Waals surface area (Å²) in [6.07, 6.45) is 1.45. The highest BCUT2D eigenvalue weighted by Gasteiger charge is 2.37. The lowest BCUT2D eigenvalue weighted by Gasteiger charge is -2.17. The van der Waals surface area contributed by atoms with Gasteiger partial charge in [-0.05, 0) is 44.0 Å². The van der Waals surface area contributed by atoms with E-state index in [-0.39, 0.29) is 5.56 Å². The van der Waals surface area contributed by atoms with Crippen molar-refractivity contribution in [3.63, 3.8) is 0 Å². The maximum atomic E-state index is 12.2. The number of anilines is 1. The van der Waals surface area contributed by atoms with Crippen LogP contribution >= 0.6 is 23.2 Å². The smallest absolute Gasteiger partial charge is 0.299 e. The average Bonchev–Trinajstić information content (AvgIpc) is 2.81. The van der Waals surface area contributed by atoms with E-state index in [0.717, 1.165) is 12.2 Å². The molecular weight excluding hydrogens is 361 g/mol. The SMILES string of the molecule is Cc1ccc(OCCCCN2C(=O)C(=O)c3cc(Cl)cc(Cl)c32)cc1. The maximum Gasteiger partial charge on any atom is 0.299 e. The van der Waals surface area contributed by atoms with Crippen molar-refractivity contribution < 1.29 is 14.3 Å². The molecular formula is C19H17Cl2NO3. The lowest BCUT2D eigenvalue weighted by Crippen LogP contribution is -2.31. The minimum atomic E-state index is -0.560. The summed E-state index contributed by atoms with van der Waals surface area (Å²) in [5.74, 6) is -0.296. The van der Waals surface area contributed by atoms with Crippen LogP contribution in [0.5, 0.6) is 5.75 Å². The molecule has 2 aromatic carbocycles. The average molecular weight is 378 g/mol. The summed E-state index contributed by atoms with van der Waals surface area (Å²) in [6.45, 7) is 2.98. The molecule has 3 rings (SSSR count). The number of amides is 1. The number of nitrogens with zero attached hydrogens (tertiary/aromatic N) is 1. The zero-order valence-corrected chi connectivity index (χ0v) is 15.2. The van der Waals surface area contributed by atoms with Crippen molar-refractivity contribution in [1.82, 2.24) is 0 Å². The van der Waals surface area contributed by atoms with E-state index in [4.69, 9.17) is 27.9 Å². The first-order valence-electron chi connectivity index (χ1n) is 8.02. The van der Waals surface area contributed by atoms with E-state index in [2.05, 4.69) is 0 Å². The standard InChI is InChI=1S/C19H17Cl2NO3/c1-12-4-6-14(7-5-12)25-9-3-2-8-22-17-15(18(23)19(22)24)10-13(20)11-16(17)21/h4-7,10-11H,2-3,8-9H2,1H3. The van der Waals surface area contributed by atoms with Gasteiger partial charge >= 0.3 is 0 Å². The van der Waals surface area contributed by atoms with Crippen molar-refractivity contribution in [1.29, 1.82) is 0 Å². The molecule has 0 fully saturated rings. The Bertz CT molecular complexity index is 818. The summed E-state index contributed by atoms with van der Waals surface area (Å²) in [5.41, 5.74) is 1.92. The first kappa shape index (κ1) is 17.8. The molecule has 0 saturated heterocycles. The highest BCUT2D eigenvalue weighted by atomic mass is 35.5. The van der Waals surface area contributed by atoms with Crippen LogP contribution in [0.15, 0.2) is 36.4 Å². The van der Waals surface area contributed by atoms with Crippen LogP contribution in [-0.4, -0.2) is 24.8 Å². The number of hydrogen-bond donors (Lipinski definition) is 0. The second-order valence-corrected chi connectivity index (χ2v) is 6.78. The van der Waals surface area contributed by atoms with E-state index in [0.29, 0.717) is 35.3 Å². The topological polar surface area (TPSA) is 46.6 Å². The van der Waals surface area contributed by atoms with Gasteiger partial charge in [0.1, 0.15) is 5.75 Å². The van der Waals surface area contributed by atoms with Gasteiger partial charge < -0.3 is 9.64 Å². The molecule has 4 nitrogen and oxygen atoms in total. The maximum absolute atomic E-state index is 12.2. The van der Waals surface area contributed by atoms with Gasteiger partial charge in [0, 0.05) is 11.6 Å². The van der Waals surface area contributed by atoms with Crippen molar-refractivity contribution >= 4 is 40.6 Å². The van der Waals surface area contributed by atoms with Crippen LogP contribution in [0.4, 0.5) is 5.69 Å². The monoisotopic (exact) mass is 377 g/mol. The molecule has 1 heterocycles. The molecule has 0 radical (unpaired) electrons. The van der Waals surface area contributed by atoms with Gasteiger partial charge in [0.25, 0.3) is 11.7 Å². The highest BCUT2D eigenvalue weighted by Crippen LogP contribution is 2.38. The number of unbranched alkanes of at least 4 members (excludes halogenated alkanes) is 1. The zero-order valence-electron chi connectivity index (χ0n) is 13.7. The van der Waals surface area contributed by atoms with Gasteiger partial charge in [-0.1, -0.05) is 40.9 Å². The van der Waals surface area contributed by atoms with E-state index in [1.165, 1.54) is 16.5 Å². The molecule has 0 aliphatic carbocycles. The molecule has 1 aliphatic rings. The van der Waals surface area contributed by atoms with Gasteiger partial charge in [-0.3, -0.25) is 9.59 Å². The third kappa shape index (κ3) is 3.80. The van der Waals surface area contributed by atoms with Crippen LogP contribution < -0.4 is 9.64 Å². The first-order valence-corrected chi connectivity index (χ1v) is 8.77. The quantitative estimate of drug-likeness (QED) is 0.541. The van der Waals surface area contributed by atoms with Gasteiger partial charge in [-0.2, -0.15) is 0 Å². The predicted molar refractivity (Wildman–Crippen MR) is 99.1 cm³/mol. The van der Waals surface area contributed by atoms with Gasteiger partial charge in [0.15, 0.2) is 0 Å². The summed E-state index contributed by atoms with van der Waals surface area (Å²) in [4.78, 5) is 25.7. The fourth-order valence-corrected chi connectivity index (χ4v) is 3.36. The van der Waals surface area contributed by atoms with Crippen LogP contribution in [0, 0.1) is 6.92 Å². The number of aryl methyl sites for hydroxylation is 1. The van der Waals surface area contributed by atoms with Gasteiger partial charge in [0.05, 0.1) is 22.9 Å². The van der Waals surface area contributed by atoms with Crippen molar-refractivity contribution in [2.75, 3.05) is 18.1 Å². The number of ether oxygens (including phenoxy) is 1. The molecule has 2 aromatic rings. The van der Waals surface area contributed by atoms with Crippen LogP contribution in [0.25, 0.3) is 0 Å². The molecule has 25 heavy (non-hydrogen) atoms. The minimum Gasteiger partial charge on any atom is -0.494 e. The minimum absolute atomic E-state index is 0.276. The van der Waals surface area contributed by atoms with E-state index >= 15 is 0 Å². The number of ketones is 1. The third-order valence-corrected chi connectivity index (χ3v) is 4.55. The molecule has 0 aromatic heterocycles. The lowest BCUT2D eigenvalue weighted by molar-refractivity contribution is -0.114. The fourth-order valence-electron chi connectivity index (χ4n) is 2.76. The number of Topliss-reactive ketones (excluding diaryl/α,β-unsaturated/α-hetero) is 1. The molecule has 1 amide bonds. The van der Waals surface area contributed by atoms with E-state index in [9.17, 15) is 9.59 Å². The molecule has 0 spiro atoms. The highest BCUT2D eigenvalue weighted by molar-refractivity contribution is 6.54. The Hall–Kier alpha value is -2.04. The second kappa shape index (κ2) is 7.46. The Morgan fingerprint density at radius 2 is 1.76 bits per heavy atom. The number of hydrogen-bond acceptors (Lipinski definition) is 3. The normalized spacial score (nSPS) is 13.3. The van der Waals surface area contributed by atoms with E-state index < -0.39 is 11.7 Å². The Kier molecular flexibility index (Phi) is 5.30. The Morgan fingerprint density at radius 1 is 1.04 bits per heavy atom. The van der Waals surface area contributed by atoms with Crippen molar-refractivity contribution in [3.05, 3.63) is 57.6 Å². The van der Waals surface area contributed by atoms with Crippen LogP contribution in [0.1, 0.15) is 28.8 Å². The van der Waals surface area contributed by atoms with Crippen LogP contribution in [0.2, 0.25) is 10.0 Å². The largest absolute Gasteiger partial charge is 0.494 e. The van der Waals surface area contributed by atoms with Crippen LogP contribution in [0.3, 0.4) is 0 Å². The molecule has 0 bridgehead atoms. The number of carbonyl (C=O) groups is 2. The number of benzene rings is 2. The molecule has 0 atom stereocenters. The summed E-state index contributed by atoms with van der Waals surface area (Å²) < 4.78 is 5.67. The number of fused-ring (bicyclic) bond motifs is 1. The number of carbonyl (C=O) groups excluding carboxylic acids is 2. The first-order chi connectivity index (χ1) is 12.0. The van der Waals surface area contributed by atoms with Gasteiger partial charge in [-0.15, -0.1) is 0 Å². The predicted octanol–water partition coefficient (Wildman–Crippen LogP) is 4.69. The number of rotatable bonds is 6. The molecule has 0 N–H and O–H groups in total. The summed E-state index contributed by atoms with van der Waals surface area (Å²) >= 11 is 12.1. The molecule has 0 unspecified atom stereocenters. The summed E-state index contributed by atoms with van der Waals surface area (Å²) in [5, 5.41) is 0.663. The summed E-state index contributed by atoms with van der Waals surface area (Å²) in [7, 11) is 0. The van der Waals surface area contributed by atoms with Crippen LogP contribution in [-0.2, 0) is 4.79 Å². The lowest BCUT2D eigenvalue weighted by atomic mass is 10.1. The summed E-state index contributed by atoms with van der Waals surface area (Å²) in [6, 6.07) is 10.9.